The van der Waals surface area contributed by atoms with Crippen LogP contribution in [0.25, 0.3) is 10.9 Å². The fourth-order valence-electron chi connectivity index (χ4n) is 1.70. The van der Waals surface area contributed by atoms with Crippen LogP contribution in [0.1, 0.15) is 17.0 Å². The van der Waals surface area contributed by atoms with E-state index in [4.69, 9.17) is 4.11 Å². The highest BCUT2D eigenvalue weighted by Crippen LogP contribution is 2.30. The van der Waals surface area contributed by atoms with Gasteiger partial charge in [0, 0.05) is 28.6 Å². The van der Waals surface area contributed by atoms with E-state index in [1.165, 1.54) is 6.20 Å². The minimum atomic E-state index is -2.36. The molecule has 2 heterocycles. The van der Waals surface area contributed by atoms with Crippen molar-refractivity contribution in [1.29, 1.82) is 0 Å². The van der Waals surface area contributed by atoms with Crippen molar-refractivity contribution in [3.8, 4) is 0 Å². The van der Waals surface area contributed by atoms with E-state index in [2.05, 4.69) is 25.8 Å². The van der Waals surface area contributed by atoms with Gasteiger partial charge in [0.1, 0.15) is 5.52 Å². The fourth-order valence-corrected chi connectivity index (χ4v) is 1.70. The van der Waals surface area contributed by atoms with Gasteiger partial charge in [-0.05, 0) is 25.0 Å². The van der Waals surface area contributed by atoms with E-state index in [1.807, 2.05) is 0 Å². The summed E-state index contributed by atoms with van der Waals surface area (Å²) in [6.07, 6.45) is 3.29. The van der Waals surface area contributed by atoms with Gasteiger partial charge in [-0.3, -0.25) is 4.79 Å². The molecule has 0 spiro atoms. The second kappa shape index (κ2) is 4.21. The Morgan fingerprint density at radius 1 is 1.50 bits per heavy atom. The molecule has 2 N–H and O–H groups in total. The van der Waals surface area contributed by atoms with E-state index in [1.54, 1.807) is 12.1 Å². The summed E-state index contributed by atoms with van der Waals surface area (Å²) in [5.74, 6) is 0.511. The van der Waals surface area contributed by atoms with Crippen LogP contribution in [0.5, 0.6) is 0 Å². The van der Waals surface area contributed by atoms with Gasteiger partial charge in [-0.25, -0.2) is 4.98 Å². The molecule has 0 aliphatic heterocycles. The van der Waals surface area contributed by atoms with E-state index in [0.29, 0.717) is 16.7 Å². The zero-order chi connectivity index (χ0) is 15.0. The average molecular weight is 246 g/mol. The molecule has 92 valence electrons. The van der Waals surface area contributed by atoms with Gasteiger partial charge in [0.25, 0.3) is 0 Å². The van der Waals surface area contributed by atoms with Gasteiger partial charge in [0.05, 0.1) is 0 Å². The summed E-state index contributed by atoms with van der Waals surface area (Å²) < 4.78 is 21.6. The van der Waals surface area contributed by atoms with Crippen molar-refractivity contribution in [2.75, 3.05) is 17.6 Å². The summed E-state index contributed by atoms with van der Waals surface area (Å²) in [5, 5.41) is 13.5. The number of nitrogens with one attached hydrogen (secondary N) is 2. The lowest BCUT2D eigenvalue weighted by Gasteiger charge is -2.06. The normalized spacial score (nSPS) is 17.7. The highest BCUT2D eigenvalue weighted by molar-refractivity contribution is 5.95. The van der Waals surface area contributed by atoms with Crippen LogP contribution in [0.4, 0.5) is 11.6 Å². The summed E-state index contributed by atoms with van der Waals surface area (Å²) >= 11 is 0. The standard InChI is InChI=1S/C12H13N5O/c1-13-11-10-8(4-5-14-11)6-9(16-17-10)15-12(18)7-2-3-7/h4-7H,2-3H2,1H3,(H,13,14)(H,15,16,18)/i1D3. The first-order chi connectivity index (χ1) is 9.92. The number of pyridine rings is 1. The van der Waals surface area contributed by atoms with Crippen LogP contribution < -0.4 is 10.6 Å². The van der Waals surface area contributed by atoms with Gasteiger partial charge in [-0.15, -0.1) is 10.2 Å². The number of anilines is 2. The molecule has 1 amide bonds. The van der Waals surface area contributed by atoms with E-state index in [-0.39, 0.29) is 17.6 Å². The Bertz CT molecular complexity index is 699. The van der Waals surface area contributed by atoms with Crippen LogP contribution in [-0.2, 0) is 4.79 Å². The molecule has 0 saturated heterocycles. The van der Waals surface area contributed by atoms with Crippen LogP contribution in [-0.4, -0.2) is 28.1 Å². The zero-order valence-electron chi connectivity index (χ0n) is 12.5. The van der Waals surface area contributed by atoms with Gasteiger partial charge < -0.3 is 10.6 Å². The molecule has 2 aromatic rings. The maximum Gasteiger partial charge on any atom is 0.228 e. The number of aromatic nitrogens is 3. The third-order valence-corrected chi connectivity index (χ3v) is 2.82. The van der Waals surface area contributed by atoms with E-state index < -0.39 is 6.98 Å². The van der Waals surface area contributed by atoms with Crippen molar-refractivity contribution in [2.24, 2.45) is 5.92 Å². The largest absolute Gasteiger partial charge is 0.371 e. The zero-order valence-corrected chi connectivity index (χ0v) is 9.47. The van der Waals surface area contributed by atoms with Crippen molar-refractivity contribution < 1.29 is 8.91 Å². The molecule has 0 unspecified atom stereocenters. The summed E-state index contributed by atoms with van der Waals surface area (Å²) in [5.41, 5.74) is 0.345. The molecule has 18 heavy (non-hydrogen) atoms. The lowest BCUT2D eigenvalue weighted by atomic mass is 10.2. The van der Waals surface area contributed by atoms with Gasteiger partial charge >= 0.3 is 0 Å². The highest BCUT2D eigenvalue weighted by Gasteiger charge is 2.29. The maximum atomic E-state index is 11.7. The number of rotatable bonds is 3. The number of nitrogens with zero attached hydrogens (tertiary/aromatic N) is 3. The van der Waals surface area contributed by atoms with Crippen LogP contribution in [0, 0.1) is 5.92 Å². The Morgan fingerprint density at radius 2 is 2.39 bits per heavy atom. The third-order valence-electron chi connectivity index (χ3n) is 2.82. The Kier molecular flexibility index (Phi) is 1.86. The summed E-state index contributed by atoms with van der Waals surface area (Å²) in [6, 6.07) is 3.33. The quantitative estimate of drug-likeness (QED) is 0.856. The van der Waals surface area contributed by atoms with Crippen LogP contribution in [0.3, 0.4) is 0 Å². The Balaban J connectivity index is 1.89. The molecular formula is C12H13N5O. The van der Waals surface area contributed by atoms with Crippen LogP contribution >= 0.6 is 0 Å². The first kappa shape index (κ1) is 7.97. The van der Waals surface area contributed by atoms with Gasteiger partial charge in [-0.1, -0.05) is 0 Å². The minimum absolute atomic E-state index is 0.0569. The molecule has 1 aliphatic rings. The van der Waals surface area contributed by atoms with Crippen LogP contribution in [0.2, 0.25) is 0 Å². The predicted octanol–water partition coefficient (Wildman–Crippen LogP) is 1.41. The fraction of sp³-hybridized carbons (Fsp3) is 0.333. The SMILES string of the molecule is [2H]C([2H])([2H])Nc1nccc2cc(NC(=O)C3CC3)nnc12. The molecule has 6 nitrogen and oxygen atoms in total. The van der Waals surface area contributed by atoms with Crippen molar-refractivity contribution in [3.05, 3.63) is 18.3 Å². The van der Waals surface area contributed by atoms with Crippen molar-refractivity contribution in [3.63, 3.8) is 0 Å². The molecule has 1 saturated carbocycles. The molecule has 1 fully saturated rings. The van der Waals surface area contributed by atoms with Gasteiger partial charge in [0.15, 0.2) is 11.6 Å². The molecule has 1 aliphatic carbocycles. The second-order valence-electron chi connectivity index (χ2n) is 4.22. The number of hydrogen-bond donors (Lipinski definition) is 2. The lowest BCUT2D eigenvalue weighted by Crippen LogP contribution is -2.14. The molecule has 0 aromatic carbocycles. The first-order valence-electron chi connectivity index (χ1n) is 7.14. The summed E-state index contributed by atoms with van der Waals surface area (Å²) in [4.78, 5) is 15.6. The molecule has 2 aromatic heterocycles. The average Bonchev–Trinajstić information content (AvgIpc) is 3.21. The molecule has 0 radical (unpaired) electrons. The van der Waals surface area contributed by atoms with Gasteiger partial charge in [-0.2, -0.15) is 0 Å². The summed E-state index contributed by atoms with van der Waals surface area (Å²) in [7, 11) is 0. The number of carbonyl (C=O) groups is 1. The number of carbonyl (C=O) groups excluding carboxylic acids is 1. The monoisotopic (exact) mass is 246 g/mol. The number of amides is 1. The molecular weight excluding hydrogens is 230 g/mol. The maximum absolute atomic E-state index is 11.7. The highest BCUT2D eigenvalue weighted by atomic mass is 16.2. The Morgan fingerprint density at radius 3 is 3.17 bits per heavy atom. The third kappa shape index (κ3) is 1.97. The van der Waals surface area contributed by atoms with Crippen molar-refractivity contribution in [1.82, 2.24) is 15.2 Å². The minimum Gasteiger partial charge on any atom is -0.371 e. The second-order valence-corrected chi connectivity index (χ2v) is 4.22. The Labute approximate surface area is 108 Å². The van der Waals surface area contributed by atoms with Gasteiger partial charge in [0.2, 0.25) is 5.91 Å². The summed E-state index contributed by atoms with van der Waals surface area (Å²) in [6.45, 7) is -2.36. The number of fused-ring (bicyclic) bond motifs is 1. The Hall–Kier alpha value is -2.24. The van der Waals surface area contributed by atoms with E-state index in [0.717, 1.165) is 12.8 Å². The van der Waals surface area contributed by atoms with Crippen LogP contribution in [0.15, 0.2) is 18.3 Å². The van der Waals surface area contributed by atoms with Crippen molar-refractivity contribution in [2.45, 2.75) is 12.8 Å². The molecule has 0 atom stereocenters. The van der Waals surface area contributed by atoms with Crippen molar-refractivity contribution >= 4 is 28.4 Å². The molecule has 0 bridgehead atoms. The number of hydrogen-bond acceptors (Lipinski definition) is 5. The smallest absolute Gasteiger partial charge is 0.228 e. The lowest BCUT2D eigenvalue weighted by molar-refractivity contribution is -0.117. The first-order valence-corrected chi connectivity index (χ1v) is 5.64. The topological polar surface area (TPSA) is 79.8 Å². The molecule has 3 rings (SSSR count). The van der Waals surface area contributed by atoms with E-state index >= 15 is 0 Å². The molecule has 6 heteroatoms. The van der Waals surface area contributed by atoms with E-state index in [9.17, 15) is 4.79 Å². The predicted molar refractivity (Wildman–Crippen MR) is 68.2 cm³/mol.